The molecule has 0 bridgehead atoms. The Morgan fingerprint density at radius 3 is 2.67 bits per heavy atom. The van der Waals surface area contributed by atoms with Gasteiger partial charge < -0.3 is 10.1 Å². The van der Waals surface area contributed by atoms with Crippen LogP contribution in [0.2, 0.25) is 0 Å². The molecule has 1 aromatic rings. The number of aliphatic hydroxyl groups is 1. The van der Waals surface area contributed by atoms with E-state index >= 15 is 0 Å². The van der Waals surface area contributed by atoms with Crippen LogP contribution in [0.4, 0.5) is 0 Å². The van der Waals surface area contributed by atoms with E-state index in [2.05, 4.69) is 9.97 Å². The van der Waals surface area contributed by atoms with Crippen molar-refractivity contribution in [3.63, 3.8) is 0 Å². The van der Waals surface area contributed by atoms with Gasteiger partial charge in [0, 0.05) is 19.5 Å². The van der Waals surface area contributed by atoms with E-state index in [1.807, 2.05) is 13.8 Å². The smallest absolute Gasteiger partial charge is 0.259 e. The fraction of sp³-hybridized carbons (Fsp3) is 0.786. The van der Waals surface area contributed by atoms with E-state index in [0.717, 1.165) is 25.7 Å². The summed E-state index contributed by atoms with van der Waals surface area (Å²) in [6.45, 7) is 4.26. The fourth-order valence-electron chi connectivity index (χ4n) is 2.74. The van der Waals surface area contributed by atoms with Gasteiger partial charge in [0.25, 0.3) is 10.0 Å². The van der Waals surface area contributed by atoms with Gasteiger partial charge in [-0.05, 0) is 18.8 Å². The van der Waals surface area contributed by atoms with Gasteiger partial charge in [-0.15, -0.1) is 0 Å². The van der Waals surface area contributed by atoms with Crippen molar-refractivity contribution in [2.75, 3.05) is 13.6 Å². The van der Waals surface area contributed by atoms with Crippen LogP contribution in [0.1, 0.15) is 51.3 Å². The Bertz CT molecular complexity index is 568. The van der Waals surface area contributed by atoms with Gasteiger partial charge in [-0.1, -0.05) is 26.7 Å². The number of hydrogen-bond acceptors (Lipinski definition) is 4. The molecule has 0 saturated heterocycles. The summed E-state index contributed by atoms with van der Waals surface area (Å²) in [5.41, 5.74) is 0. The molecule has 1 fully saturated rings. The zero-order valence-electron chi connectivity index (χ0n) is 12.9. The van der Waals surface area contributed by atoms with Crippen molar-refractivity contribution in [2.24, 2.45) is 5.92 Å². The van der Waals surface area contributed by atoms with Crippen LogP contribution in [0.3, 0.4) is 0 Å². The maximum absolute atomic E-state index is 12.5. The molecule has 6 nitrogen and oxygen atoms in total. The quantitative estimate of drug-likeness (QED) is 0.866. The molecule has 1 saturated carbocycles. The molecule has 2 N–H and O–H groups in total. The van der Waals surface area contributed by atoms with Crippen molar-refractivity contribution >= 4 is 10.0 Å². The van der Waals surface area contributed by atoms with Crippen LogP contribution in [0.15, 0.2) is 11.2 Å². The molecule has 0 spiro atoms. The van der Waals surface area contributed by atoms with E-state index in [0.29, 0.717) is 12.4 Å². The molecule has 7 heteroatoms. The van der Waals surface area contributed by atoms with Gasteiger partial charge in [0.1, 0.15) is 5.82 Å². The Hall–Kier alpha value is -0.920. The molecule has 1 heterocycles. The molecule has 1 aliphatic rings. The normalized spacial score (nSPS) is 23.9. The van der Waals surface area contributed by atoms with Crippen molar-refractivity contribution in [1.29, 1.82) is 0 Å². The Kier molecular flexibility index (Phi) is 5.06. The van der Waals surface area contributed by atoms with Crippen molar-refractivity contribution in [3.8, 4) is 0 Å². The second kappa shape index (κ2) is 6.46. The average Bonchev–Trinajstić information content (AvgIpc) is 2.91. The number of hydrogen-bond donors (Lipinski definition) is 2. The number of aromatic nitrogens is 2. The van der Waals surface area contributed by atoms with E-state index < -0.39 is 16.1 Å². The predicted molar refractivity (Wildman–Crippen MR) is 80.5 cm³/mol. The SMILES string of the molecule is CC(C)c1ncc(S(=O)(=O)N(C)CC2CCCCC2O)[nH]1. The summed E-state index contributed by atoms with van der Waals surface area (Å²) in [6.07, 6.45) is 4.69. The molecule has 0 radical (unpaired) electrons. The van der Waals surface area contributed by atoms with E-state index in [1.165, 1.54) is 10.5 Å². The lowest BCUT2D eigenvalue weighted by Crippen LogP contribution is -2.38. The van der Waals surface area contributed by atoms with Crippen LogP contribution in [0.25, 0.3) is 0 Å². The van der Waals surface area contributed by atoms with E-state index in [-0.39, 0.29) is 16.9 Å². The fourth-order valence-corrected chi connectivity index (χ4v) is 3.88. The van der Waals surface area contributed by atoms with Crippen LogP contribution >= 0.6 is 0 Å². The zero-order valence-corrected chi connectivity index (χ0v) is 13.7. The third kappa shape index (κ3) is 3.64. The highest BCUT2D eigenvalue weighted by molar-refractivity contribution is 7.89. The summed E-state index contributed by atoms with van der Waals surface area (Å²) < 4.78 is 26.4. The first-order valence-corrected chi connectivity index (χ1v) is 8.95. The summed E-state index contributed by atoms with van der Waals surface area (Å²) in [5.74, 6) is 0.838. The van der Waals surface area contributed by atoms with Crippen LogP contribution in [-0.2, 0) is 10.0 Å². The third-order valence-corrected chi connectivity index (χ3v) is 5.90. The lowest BCUT2D eigenvalue weighted by Gasteiger charge is -2.30. The van der Waals surface area contributed by atoms with Crippen LogP contribution in [-0.4, -0.2) is 47.5 Å². The summed E-state index contributed by atoms with van der Waals surface area (Å²) in [4.78, 5) is 6.99. The van der Waals surface area contributed by atoms with E-state index in [4.69, 9.17) is 0 Å². The summed E-state index contributed by atoms with van der Waals surface area (Å²) in [5, 5.41) is 10.1. The van der Waals surface area contributed by atoms with E-state index in [9.17, 15) is 13.5 Å². The molecule has 120 valence electrons. The number of sulfonamides is 1. The molecule has 21 heavy (non-hydrogen) atoms. The van der Waals surface area contributed by atoms with Crippen molar-refractivity contribution in [1.82, 2.24) is 14.3 Å². The second-order valence-electron chi connectivity index (χ2n) is 6.18. The Labute approximate surface area is 126 Å². The van der Waals surface area contributed by atoms with Gasteiger partial charge in [-0.2, -0.15) is 4.31 Å². The minimum atomic E-state index is -3.57. The number of aliphatic hydroxyl groups excluding tert-OH is 1. The minimum absolute atomic E-state index is 0.0195. The second-order valence-corrected chi connectivity index (χ2v) is 8.20. The van der Waals surface area contributed by atoms with Gasteiger partial charge in [-0.3, -0.25) is 0 Å². The van der Waals surface area contributed by atoms with Crippen LogP contribution in [0.5, 0.6) is 0 Å². The van der Waals surface area contributed by atoms with Gasteiger partial charge >= 0.3 is 0 Å². The number of nitrogens with one attached hydrogen (secondary N) is 1. The molecule has 2 atom stereocenters. The molecular weight excluding hydrogens is 290 g/mol. The molecule has 2 unspecified atom stereocenters. The number of nitrogens with zero attached hydrogens (tertiary/aromatic N) is 2. The maximum Gasteiger partial charge on any atom is 0.259 e. The lowest BCUT2D eigenvalue weighted by atomic mass is 9.86. The number of rotatable bonds is 5. The highest BCUT2D eigenvalue weighted by Gasteiger charge is 2.30. The molecule has 0 aromatic carbocycles. The van der Waals surface area contributed by atoms with Gasteiger partial charge in [-0.25, -0.2) is 13.4 Å². The van der Waals surface area contributed by atoms with Gasteiger partial charge in [0.05, 0.1) is 12.3 Å². The highest BCUT2D eigenvalue weighted by Crippen LogP contribution is 2.26. The van der Waals surface area contributed by atoms with E-state index in [1.54, 1.807) is 7.05 Å². The first kappa shape index (κ1) is 16.5. The average molecular weight is 315 g/mol. The predicted octanol–water partition coefficient (Wildman–Crippen LogP) is 1.70. The zero-order chi connectivity index (χ0) is 15.6. The molecule has 1 aliphatic carbocycles. The first-order chi connectivity index (χ1) is 9.82. The molecule has 0 amide bonds. The third-order valence-electron chi connectivity index (χ3n) is 4.17. The largest absolute Gasteiger partial charge is 0.393 e. The number of H-pyrrole nitrogens is 1. The topological polar surface area (TPSA) is 86.3 Å². The highest BCUT2D eigenvalue weighted by atomic mass is 32.2. The Morgan fingerprint density at radius 2 is 2.10 bits per heavy atom. The number of imidazole rings is 1. The molecule has 0 aliphatic heterocycles. The van der Waals surface area contributed by atoms with Gasteiger partial charge in [0.2, 0.25) is 0 Å². The maximum atomic E-state index is 12.5. The summed E-state index contributed by atoms with van der Waals surface area (Å²) >= 11 is 0. The number of aromatic amines is 1. The first-order valence-electron chi connectivity index (χ1n) is 7.51. The minimum Gasteiger partial charge on any atom is -0.393 e. The summed E-state index contributed by atoms with van der Waals surface area (Å²) in [7, 11) is -2.01. The molecule has 2 rings (SSSR count). The lowest BCUT2D eigenvalue weighted by molar-refractivity contribution is 0.0620. The van der Waals surface area contributed by atoms with Crippen LogP contribution < -0.4 is 0 Å². The van der Waals surface area contributed by atoms with Gasteiger partial charge in [0.15, 0.2) is 5.03 Å². The Morgan fingerprint density at radius 1 is 1.43 bits per heavy atom. The van der Waals surface area contributed by atoms with Crippen molar-refractivity contribution in [2.45, 2.75) is 56.6 Å². The van der Waals surface area contributed by atoms with Crippen LogP contribution in [0, 0.1) is 5.92 Å². The summed E-state index contributed by atoms with van der Waals surface area (Å²) in [6, 6.07) is 0. The van der Waals surface area contributed by atoms with Crippen molar-refractivity contribution in [3.05, 3.63) is 12.0 Å². The molecule has 1 aromatic heterocycles. The Balaban J connectivity index is 2.10. The van der Waals surface area contributed by atoms with Crippen molar-refractivity contribution < 1.29 is 13.5 Å². The standard InChI is InChI=1S/C14H25N3O3S/c1-10(2)14-15-8-13(16-14)21(19,20)17(3)9-11-6-4-5-7-12(11)18/h8,10-12,18H,4-7,9H2,1-3H3,(H,15,16). The molecular formula is C14H25N3O3S. The monoisotopic (exact) mass is 315 g/mol.